The summed E-state index contributed by atoms with van der Waals surface area (Å²) in [4.78, 5) is 0. The average molecular weight is 168 g/mol. The van der Waals surface area contributed by atoms with E-state index in [9.17, 15) is 10.2 Å². The standard InChI is InChI=1S/C10H16O2/c1-5-6-4-7(10(5,2)3)9(12)8(6)11/h6-9,11-12H,1,4H2,2-3H3/t6-,7-,8+,9+/m1/s1. The van der Waals surface area contributed by atoms with Crippen molar-refractivity contribution < 1.29 is 10.2 Å². The second-order valence-corrected chi connectivity index (χ2v) is 4.68. The fourth-order valence-electron chi connectivity index (χ4n) is 2.81. The van der Waals surface area contributed by atoms with Gasteiger partial charge in [-0.2, -0.15) is 0 Å². The molecular formula is C10H16O2. The molecule has 12 heavy (non-hydrogen) atoms. The van der Waals surface area contributed by atoms with Gasteiger partial charge >= 0.3 is 0 Å². The maximum atomic E-state index is 9.65. The Balaban J connectivity index is 2.36. The summed E-state index contributed by atoms with van der Waals surface area (Å²) in [6.07, 6.45) is -0.181. The fourth-order valence-corrected chi connectivity index (χ4v) is 2.81. The van der Waals surface area contributed by atoms with E-state index in [1.165, 1.54) is 0 Å². The molecule has 2 aliphatic carbocycles. The van der Waals surface area contributed by atoms with Crippen LogP contribution in [0.25, 0.3) is 0 Å². The Kier molecular flexibility index (Phi) is 1.46. The molecule has 2 rings (SSSR count). The Morgan fingerprint density at radius 1 is 1.33 bits per heavy atom. The number of rotatable bonds is 0. The van der Waals surface area contributed by atoms with Crippen LogP contribution in [-0.2, 0) is 0 Å². The lowest BCUT2D eigenvalue weighted by Gasteiger charge is -2.37. The van der Waals surface area contributed by atoms with E-state index in [0.29, 0.717) is 0 Å². The van der Waals surface area contributed by atoms with Gasteiger partial charge in [-0.05, 0) is 17.8 Å². The number of hydrogen-bond acceptors (Lipinski definition) is 2. The van der Waals surface area contributed by atoms with E-state index in [4.69, 9.17) is 0 Å². The zero-order chi connectivity index (χ0) is 9.09. The van der Waals surface area contributed by atoms with Crippen molar-refractivity contribution in [1.29, 1.82) is 0 Å². The minimum absolute atomic E-state index is 0.0172. The molecule has 0 spiro atoms. The molecule has 2 saturated carbocycles. The van der Waals surface area contributed by atoms with Gasteiger partial charge < -0.3 is 10.2 Å². The zero-order valence-electron chi connectivity index (χ0n) is 7.62. The molecule has 0 radical (unpaired) electrons. The minimum atomic E-state index is -0.560. The Morgan fingerprint density at radius 2 is 1.92 bits per heavy atom. The molecule has 4 atom stereocenters. The SMILES string of the molecule is C=C1[C@H]2C[C@H]([C@H](O)[C@H]2O)C1(C)C. The molecule has 2 fully saturated rings. The number of aliphatic hydroxyl groups is 2. The summed E-state index contributed by atoms with van der Waals surface area (Å²) in [5.74, 6) is 0.352. The molecule has 0 aromatic carbocycles. The van der Waals surface area contributed by atoms with Crippen LogP contribution in [0.15, 0.2) is 12.2 Å². The highest BCUT2D eigenvalue weighted by Gasteiger charge is 2.57. The van der Waals surface area contributed by atoms with Gasteiger partial charge in [0.15, 0.2) is 0 Å². The van der Waals surface area contributed by atoms with Crippen molar-refractivity contribution in [2.24, 2.45) is 17.3 Å². The van der Waals surface area contributed by atoms with Crippen molar-refractivity contribution in [3.8, 4) is 0 Å². The third-order valence-corrected chi connectivity index (χ3v) is 3.88. The molecule has 0 heterocycles. The molecule has 0 amide bonds. The van der Waals surface area contributed by atoms with Crippen molar-refractivity contribution in [1.82, 2.24) is 0 Å². The monoisotopic (exact) mass is 168 g/mol. The largest absolute Gasteiger partial charge is 0.390 e. The number of hydrogen-bond donors (Lipinski definition) is 2. The predicted octanol–water partition coefficient (Wildman–Crippen LogP) is 0.940. The summed E-state index contributed by atoms with van der Waals surface area (Å²) in [7, 11) is 0. The van der Waals surface area contributed by atoms with Crippen molar-refractivity contribution in [2.45, 2.75) is 32.5 Å². The van der Waals surface area contributed by atoms with Gasteiger partial charge in [0.05, 0.1) is 12.2 Å². The lowest BCUT2D eigenvalue weighted by atomic mass is 9.71. The van der Waals surface area contributed by atoms with Crippen molar-refractivity contribution in [3.05, 3.63) is 12.2 Å². The molecular weight excluding hydrogens is 152 g/mol. The molecule has 2 N–H and O–H groups in total. The van der Waals surface area contributed by atoms with Crippen LogP contribution >= 0.6 is 0 Å². The number of fused-ring (bicyclic) bond motifs is 2. The van der Waals surface area contributed by atoms with Gasteiger partial charge in [0.25, 0.3) is 0 Å². The molecule has 2 aliphatic rings. The number of aliphatic hydroxyl groups excluding tert-OH is 2. The van der Waals surface area contributed by atoms with Crippen LogP contribution in [0.2, 0.25) is 0 Å². The first-order valence-electron chi connectivity index (χ1n) is 4.51. The molecule has 0 unspecified atom stereocenters. The second kappa shape index (κ2) is 2.12. The lowest BCUT2D eigenvalue weighted by molar-refractivity contribution is -0.0316. The maximum Gasteiger partial charge on any atom is 0.0867 e. The Bertz CT molecular complexity index is 232. The van der Waals surface area contributed by atoms with E-state index in [2.05, 4.69) is 20.4 Å². The smallest absolute Gasteiger partial charge is 0.0867 e. The van der Waals surface area contributed by atoms with E-state index >= 15 is 0 Å². The molecule has 0 aromatic heterocycles. The van der Waals surface area contributed by atoms with Gasteiger partial charge in [-0.3, -0.25) is 0 Å². The topological polar surface area (TPSA) is 40.5 Å². The van der Waals surface area contributed by atoms with Crippen molar-refractivity contribution >= 4 is 0 Å². The summed E-state index contributed by atoms with van der Waals surface area (Å²) in [5, 5.41) is 19.2. The quantitative estimate of drug-likeness (QED) is 0.528. The van der Waals surface area contributed by atoms with Crippen molar-refractivity contribution in [3.63, 3.8) is 0 Å². The van der Waals surface area contributed by atoms with E-state index in [1.54, 1.807) is 0 Å². The van der Waals surface area contributed by atoms with E-state index in [1.807, 2.05) is 0 Å². The summed E-state index contributed by atoms with van der Waals surface area (Å²) >= 11 is 0. The van der Waals surface area contributed by atoms with Crippen LogP contribution in [0, 0.1) is 17.3 Å². The highest BCUT2D eigenvalue weighted by Crippen LogP contribution is 2.58. The third kappa shape index (κ3) is 0.723. The summed E-state index contributed by atoms with van der Waals surface area (Å²) in [6, 6.07) is 0. The van der Waals surface area contributed by atoms with E-state index < -0.39 is 12.2 Å². The molecule has 2 heteroatoms. The van der Waals surface area contributed by atoms with Gasteiger partial charge in [0.2, 0.25) is 0 Å². The molecule has 0 saturated heterocycles. The van der Waals surface area contributed by atoms with Crippen LogP contribution in [0.1, 0.15) is 20.3 Å². The molecule has 68 valence electrons. The summed E-state index contributed by atoms with van der Waals surface area (Å²) in [5.41, 5.74) is 1.13. The Hall–Kier alpha value is -0.340. The van der Waals surface area contributed by atoms with Crippen LogP contribution in [0.3, 0.4) is 0 Å². The third-order valence-electron chi connectivity index (χ3n) is 3.88. The normalized spacial score (nSPS) is 50.2. The van der Waals surface area contributed by atoms with Gasteiger partial charge in [0.1, 0.15) is 0 Å². The predicted molar refractivity (Wildman–Crippen MR) is 46.5 cm³/mol. The second-order valence-electron chi connectivity index (χ2n) is 4.68. The zero-order valence-corrected chi connectivity index (χ0v) is 7.62. The molecule has 0 aliphatic heterocycles. The Morgan fingerprint density at radius 3 is 2.33 bits per heavy atom. The van der Waals surface area contributed by atoms with Crippen LogP contribution in [0.5, 0.6) is 0 Å². The lowest BCUT2D eigenvalue weighted by Crippen LogP contribution is -2.41. The van der Waals surface area contributed by atoms with Gasteiger partial charge in [0, 0.05) is 5.92 Å². The first-order chi connectivity index (χ1) is 5.46. The maximum absolute atomic E-state index is 9.65. The fraction of sp³-hybridized carbons (Fsp3) is 0.800. The molecule has 2 bridgehead atoms. The van der Waals surface area contributed by atoms with Gasteiger partial charge in [-0.1, -0.05) is 26.0 Å². The molecule has 2 nitrogen and oxygen atoms in total. The summed E-state index contributed by atoms with van der Waals surface area (Å²) < 4.78 is 0. The van der Waals surface area contributed by atoms with Crippen LogP contribution in [0.4, 0.5) is 0 Å². The van der Waals surface area contributed by atoms with Crippen LogP contribution in [-0.4, -0.2) is 22.4 Å². The van der Waals surface area contributed by atoms with Crippen LogP contribution < -0.4 is 0 Å². The van der Waals surface area contributed by atoms with E-state index in [0.717, 1.165) is 12.0 Å². The highest BCUT2D eigenvalue weighted by molar-refractivity contribution is 5.27. The molecule has 0 aromatic rings. The minimum Gasteiger partial charge on any atom is -0.390 e. The first kappa shape index (κ1) is 8.27. The summed E-state index contributed by atoms with van der Waals surface area (Å²) in [6.45, 7) is 8.22. The highest BCUT2D eigenvalue weighted by atomic mass is 16.3. The van der Waals surface area contributed by atoms with Crippen molar-refractivity contribution in [2.75, 3.05) is 0 Å². The van der Waals surface area contributed by atoms with Gasteiger partial charge in [-0.15, -0.1) is 0 Å². The van der Waals surface area contributed by atoms with E-state index in [-0.39, 0.29) is 17.3 Å². The first-order valence-corrected chi connectivity index (χ1v) is 4.51. The van der Waals surface area contributed by atoms with Gasteiger partial charge in [-0.25, -0.2) is 0 Å². The Labute approximate surface area is 72.9 Å². The average Bonchev–Trinajstić information content (AvgIpc) is 2.38.